The summed E-state index contributed by atoms with van der Waals surface area (Å²) in [5.74, 6) is 1.04. The van der Waals surface area contributed by atoms with Gasteiger partial charge < -0.3 is 9.47 Å². The summed E-state index contributed by atoms with van der Waals surface area (Å²) in [6.45, 7) is 5.80. The van der Waals surface area contributed by atoms with E-state index in [2.05, 4.69) is 50.3 Å². The summed E-state index contributed by atoms with van der Waals surface area (Å²) in [5.41, 5.74) is 1.30. The fraction of sp³-hybridized carbons (Fsp3) is 0.680. The first-order valence-electron chi connectivity index (χ1n) is 11.2. The Morgan fingerprint density at radius 1 is 0.926 bits per heavy atom. The average Bonchev–Trinajstić information content (AvgIpc) is 3.42. The number of ether oxygens (including phenoxy) is 2. The first-order chi connectivity index (χ1) is 13.2. The van der Waals surface area contributed by atoms with Gasteiger partial charge in [0.15, 0.2) is 0 Å². The topological polar surface area (TPSA) is 21.8 Å². The van der Waals surface area contributed by atoms with Crippen molar-refractivity contribution in [2.24, 2.45) is 0 Å². The van der Waals surface area contributed by atoms with Crippen LogP contribution in [-0.2, 0) is 11.2 Å². The van der Waals surface area contributed by atoms with Crippen LogP contribution >= 0.6 is 0 Å². The highest BCUT2D eigenvalue weighted by molar-refractivity contribution is 5.33. The van der Waals surface area contributed by atoms with E-state index in [9.17, 15) is 0 Å². The number of rotatable bonds is 16. The molecule has 0 aliphatic carbocycles. The Bertz CT molecular complexity index is 531. The van der Waals surface area contributed by atoms with Gasteiger partial charge in [0.2, 0.25) is 0 Å². The van der Waals surface area contributed by atoms with E-state index in [0.717, 1.165) is 18.8 Å². The monoisotopic (exact) mass is 372 g/mol. The van der Waals surface area contributed by atoms with Gasteiger partial charge in [0.25, 0.3) is 0 Å². The lowest BCUT2D eigenvalue weighted by atomic mass is 10.0. The molecule has 0 bridgehead atoms. The molecule has 1 heterocycles. The molecule has 0 radical (unpaired) electrons. The number of unbranched alkanes of at least 4 members (excludes halogenated alkanes) is 9. The smallest absolute Gasteiger partial charge is 0.123 e. The second kappa shape index (κ2) is 13.0. The van der Waals surface area contributed by atoms with Gasteiger partial charge in [-0.2, -0.15) is 0 Å². The summed E-state index contributed by atoms with van der Waals surface area (Å²) < 4.78 is 11.4. The summed E-state index contributed by atoms with van der Waals surface area (Å²) in [6.07, 6.45) is 20.5. The fourth-order valence-electron chi connectivity index (χ4n) is 3.39. The Morgan fingerprint density at radius 3 is 2.22 bits per heavy atom. The van der Waals surface area contributed by atoms with Gasteiger partial charge in [-0.3, -0.25) is 0 Å². The maximum Gasteiger partial charge on any atom is 0.123 e. The number of para-hydroxylation sites is 1. The van der Waals surface area contributed by atoms with Crippen molar-refractivity contribution in [2.45, 2.75) is 96.5 Å². The maximum atomic E-state index is 6.00. The molecule has 1 aromatic rings. The second-order valence-electron chi connectivity index (χ2n) is 8.24. The van der Waals surface area contributed by atoms with Crippen LogP contribution in [0.3, 0.4) is 0 Å². The molecule has 1 aliphatic heterocycles. The van der Waals surface area contributed by atoms with Crippen molar-refractivity contribution in [1.82, 2.24) is 0 Å². The van der Waals surface area contributed by atoms with Crippen molar-refractivity contribution >= 4 is 0 Å². The van der Waals surface area contributed by atoms with Crippen LogP contribution in [0.1, 0.15) is 90.0 Å². The van der Waals surface area contributed by atoms with E-state index in [1.54, 1.807) is 0 Å². The van der Waals surface area contributed by atoms with E-state index in [0.29, 0.717) is 6.61 Å². The Labute approximate surface area is 167 Å². The van der Waals surface area contributed by atoms with Crippen molar-refractivity contribution < 1.29 is 9.47 Å². The lowest BCUT2D eigenvalue weighted by molar-refractivity contribution is 0.201. The quantitative estimate of drug-likeness (QED) is 0.173. The van der Waals surface area contributed by atoms with Crippen LogP contribution < -0.4 is 4.74 Å². The lowest BCUT2D eigenvalue weighted by Crippen LogP contribution is -2.17. The Balaban J connectivity index is 1.45. The Kier molecular flexibility index (Phi) is 10.6. The molecule has 0 N–H and O–H groups in total. The first kappa shape index (κ1) is 22.0. The average molecular weight is 373 g/mol. The normalized spacial score (nSPS) is 18.9. The van der Waals surface area contributed by atoms with E-state index in [1.807, 2.05) is 0 Å². The highest BCUT2D eigenvalue weighted by Crippen LogP contribution is 2.28. The van der Waals surface area contributed by atoms with E-state index in [-0.39, 0.29) is 5.60 Å². The predicted octanol–water partition coefficient (Wildman–Crippen LogP) is 7.26. The zero-order valence-corrected chi connectivity index (χ0v) is 17.7. The van der Waals surface area contributed by atoms with Gasteiger partial charge in [-0.1, -0.05) is 82.2 Å². The first-order valence-corrected chi connectivity index (χ1v) is 11.2. The highest BCUT2D eigenvalue weighted by atomic mass is 16.6. The largest absolute Gasteiger partial charge is 0.490 e. The SMILES string of the molecule is CC/C=C/CCCCCCCCCCCc1ccccc1OCC1(C)CO1. The number of aryl methyl sites for hydroxylation is 1. The number of epoxide rings is 1. The molecule has 1 aliphatic rings. The van der Waals surface area contributed by atoms with Crippen LogP contribution in [0.15, 0.2) is 36.4 Å². The third-order valence-corrected chi connectivity index (χ3v) is 5.36. The van der Waals surface area contributed by atoms with Crippen molar-refractivity contribution in [3.8, 4) is 5.75 Å². The molecule has 1 fully saturated rings. The van der Waals surface area contributed by atoms with Gasteiger partial charge in [0.05, 0.1) is 6.61 Å². The van der Waals surface area contributed by atoms with Crippen molar-refractivity contribution in [1.29, 1.82) is 0 Å². The minimum Gasteiger partial charge on any atom is -0.490 e. The Hall–Kier alpha value is -1.28. The summed E-state index contributed by atoms with van der Waals surface area (Å²) in [6, 6.07) is 8.49. The summed E-state index contributed by atoms with van der Waals surface area (Å²) >= 11 is 0. The van der Waals surface area contributed by atoms with E-state index >= 15 is 0 Å². The van der Waals surface area contributed by atoms with E-state index in [4.69, 9.17) is 9.47 Å². The van der Waals surface area contributed by atoms with Crippen molar-refractivity contribution in [2.75, 3.05) is 13.2 Å². The van der Waals surface area contributed by atoms with Crippen LogP contribution in [0.2, 0.25) is 0 Å². The Morgan fingerprint density at radius 2 is 1.56 bits per heavy atom. The van der Waals surface area contributed by atoms with Gasteiger partial charge in [-0.25, -0.2) is 0 Å². The number of hydrogen-bond acceptors (Lipinski definition) is 2. The lowest BCUT2D eigenvalue weighted by Gasteiger charge is -2.13. The molecule has 1 aromatic carbocycles. The van der Waals surface area contributed by atoms with Gasteiger partial charge in [-0.15, -0.1) is 0 Å². The molecule has 1 unspecified atom stereocenters. The molecule has 2 rings (SSSR count). The van der Waals surface area contributed by atoms with E-state index < -0.39 is 0 Å². The molecule has 27 heavy (non-hydrogen) atoms. The van der Waals surface area contributed by atoms with Crippen LogP contribution in [-0.4, -0.2) is 18.8 Å². The maximum absolute atomic E-state index is 6.00. The summed E-state index contributed by atoms with van der Waals surface area (Å²) in [7, 11) is 0. The third kappa shape index (κ3) is 10.0. The standard InChI is InChI=1S/C25H40O2/c1-3-4-5-6-7-8-9-10-11-12-13-14-15-18-23-19-16-17-20-24(23)26-21-25(2)22-27-25/h4-5,16-17,19-20H,3,6-15,18,21-22H2,1-2H3/b5-4+. The summed E-state index contributed by atoms with van der Waals surface area (Å²) in [5, 5.41) is 0. The molecular formula is C25H40O2. The zero-order valence-electron chi connectivity index (χ0n) is 17.7. The van der Waals surface area contributed by atoms with Crippen LogP contribution in [0, 0.1) is 0 Å². The highest BCUT2D eigenvalue weighted by Gasteiger charge is 2.40. The molecule has 2 nitrogen and oxygen atoms in total. The molecule has 1 saturated heterocycles. The minimum atomic E-state index is -0.0423. The molecule has 152 valence electrons. The third-order valence-electron chi connectivity index (χ3n) is 5.36. The van der Waals surface area contributed by atoms with Crippen LogP contribution in [0.4, 0.5) is 0 Å². The molecule has 0 aromatic heterocycles. The van der Waals surface area contributed by atoms with Crippen LogP contribution in [0.5, 0.6) is 5.75 Å². The molecule has 2 heteroatoms. The zero-order chi connectivity index (χ0) is 19.2. The van der Waals surface area contributed by atoms with Gasteiger partial charge >= 0.3 is 0 Å². The second-order valence-corrected chi connectivity index (χ2v) is 8.24. The summed E-state index contributed by atoms with van der Waals surface area (Å²) in [4.78, 5) is 0. The molecule has 0 spiro atoms. The molecule has 0 saturated carbocycles. The molecule has 1 atom stereocenters. The van der Waals surface area contributed by atoms with Gasteiger partial charge in [0, 0.05) is 0 Å². The fourth-order valence-corrected chi connectivity index (χ4v) is 3.39. The number of allylic oxidation sites excluding steroid dienone is 2. The number of hydrogen-bond donors (Lipinski definition) is 0. The van der Waals surface area contributed by atoms with Crippen molar-refractivity contribution in [3.63, 3.8) is 0 Å². The molecule has 0 amide bonds. The van der Waals surface area contributed by atoms with Gasteiger partial charge in [0.1, 0.15) is 18.0 Å². The van der Waals surface area contributed by atoms with E-state index in [1.165, 1.54) is 76.2 Å². The van der Waals surface area contributed by atoms with Crippen molar-refractivity contribution in [3.05, 3.63) is 42.0 Å². The number of benzene rings is 1. The molecular weight excluding hydrogens is 332 g/mol. The predicted molar refractivity (Wildman–Crippen MR) is 116 cm³/mol. The van der Waals surface area contributed by atoms with Crippen LogP contribution in [0.25, 0.3) is 0 Å². The van der Waals surface area contributed by atoms with Gasteiger partial charge in [-0.05, 0) is 50.7 Å². The minimum absolute atomic E-state index is 0.0423.